The van der Waals surface area contributed by atoms with Crippen LogP contribution in [0.15, 0.2) is 71.9 Å². The summed E-state index contributed by atoms with van der Waals surface area (Å²) >= 11 is 0. The topological polar surface area (TPSA) is 118 Å². The highest BCUT2D eigenvalue weighted by molar-refractivity contribution is 7.92. The van der Waals surface area contributed by atoms with Gasteiger partial charge in [0.1, 0.15) is 5.75 Å². The summed E-state index contributed by atoms with van der Waals surface area (Å²) in [4.78, 5) is 31.7. The van der Waals surface area contributed by atoms with Crippen molar-refractivity contribution in [1.29, 1.82) is 0 Å². The zero-order valence-corrected chi connectivity index (χ0v) is 21.6. The van der Waals surface area contributed by atoms with E-state index in [-0.39, 0.29) is 34.2 Å². The number of likely N-dealkylation sites (tertiary alicyclic amines) is 1. The van der Waals surface area contributed by atoms with Crippen molar-refractivity contribution in [3.63, 3.8) is 0 Å². The van der Waals surface area contributed by atoms with Crippen molar-refractivity contribution in [2.45, 2.75) is 31.2 Å². The molecule has 2 N–H and O–H groups in total. The van der Waals surface area contributed by atoms with Crippen LogP contribution in [-0.4, -0.2) is 50.3 Å². The van der Waals surface area contributed by atoms with Crippen LogP contribution in [-0.2, 0) is 16.6 Å². The van der Waals surface area contributed by atoms with Crippen LogP contribution in [0.3, 0.4) is 0 Å². The van der Waals surface area contributed by atoms with E-state index in [0.29, 0.717) is 24.8 Å². The summed E-state index contributed by atoms with van der Waals surface area (Å²) in [6, 6.07) is 14.1. The number of anilines is 1. The molecule has 1 aliphatic rings. The molecule has 0 bridgehead atoms. The summed E-state index contributed by atoms with van der Waals surface area (Å²) in [5.41, 5.74) is 1.29. The first-order valence-electron chi connectivity index (χ1n) is 12.0. The number of hydrogen-bond donors (Lipinski definition) is 2. The van der Waals surface area contributed by atoms with Crippen LogP contribution < -0.4 is 14.8 Å². The number of amides is 2. The molecule has 2 aromatic carbocycles. The van der Waals surface area contributed by atoms with E-state index in [1.54, 1.807) is 35.5 Å². The van der Waals surface area contributed by atoms with Gasteiger partial charge in [0.2, 0.25) is 0 Å². The Balaban J connectivity index is 1.56. The Bertz CT molecular complexity index is 1370. The molecule has 2 amide bonds. The number of ether oxygens (including phenoxy) is 1. The molecule has 9 nitrogen and oxygen atoms in total. The lowest BCUT2D eigenvalue weighted by Crippen LogP contribution is -2.38. The van der Waals surface area contributed by atoms with E-state index < -0.39 is 15.9 Å². The van der Waals surface area contributed by atoms with Crippen LogP contribution in [0.2, 0.25) is 0 Å². The van der Waals surface area contributed by atoms with E-state index >= 15 is 0 Å². The molecule has 0 aliphatic carbocycles. The fourth-order valence-corrected chi connectivity index (χ4v) is 5.26. The fraction of sp³-hybridized carbons (Fsp3) is 0.296. The van der Waals surface area contributed by atoms with E-state index in [1.165, 1.54) is 37.4 Å². The van der Waals surface area contributed by atoms with E-state index in [2.05, 4.69) is 21.9 Å². The maximum absolute atomic E-state index is 13.3. The molecule has 1 aromatic heterocycles. The highest BCUT2D eigenvalue weighted by atomic mass is 32.2. The minimum atomic E-state index is -4.12. The Kier molecular flexibility index (Phi) is 8.08. The molecule has 0 spiro atoms. The van der Waals surface area contributed by atoms with Crippen LogP contribution >= 0.6 is 0 Å². The molecule has 1 aliphatic heterocycles. The molecule has 194 valence electrons. The number of benzene rings is 2. The second-order valence-corrected chi connectivity index (χ2v) is 10.7. The summed E-state index contributed by atoms with van der Waals surface area (Å²) in [5, 5.41) is 2.78. The molecule has 2 heterocycles. The Morgan fingerprint density at radius 2 is 1.81 bits per heavy atom. The van der Waals surface area contributed by atoms with Gasteiger partial charge in [-0.2, -0.15) is 0 Å². The standard InChI is InChI=1S/C27H30N4O5S/c1-19-11-14-31(15-12-19)27(33)23-16-21(9-10-25(23)36-2)37(34,35)30-24-8-4-3-7-22(24)26(32)29-18-20-6-5-13-28-17-20/h3-10,13,16-17,19,30H,11-12,14-15,18H2,1-2H3,(H,29,32). The molecule has 0 atom stereocenters. The number of pyridine rings is 1. The quantitative estimate of drug-likeness (QED) is 0.466. The van der Waals surface area contributed by atoms with E-state index in [1.807, 2.05) is 6.07 Å². The number of carbonyl (C=O) groups excluding carboxylic acids is 2. The first-order valence-corrected chi connectivity index (χ1v) is 13.5. The van der Waals surface area contributed by atoms with Crippen molar-refractivity contribution < 1.29 is 22.7 Å². The molecule has 4 rings (SSSR count). The highest BCUT2D eigenvalue weighted by Gasteiger charge is 2.26. The molecular weight excluding hydrogens is 492 g/mol. The average molecular weight is 523 g/mol. The first kappa shape index (κ1) is 26.2. The summed E-state index contributed by atoms with van der Waals surface area (Å²) in [6.45, 7) is 3.62. The third kappa shape index (κ3) is 6.26. The van der Waals surface area contributed by atoms with Crippen LogP contribution in [0, 0.1) is 5.92 Å². The van der Waals surface area contributed by atoms with Gasteiger partial charge in [0.05, 0.1) is 28.8 Å². The predicted octanol–water partition coefficient (Wildman–Crippen LogP) is 3.69. The number of nitrogens with zero attached hydrogens (tertiary/aromatic N) is 2. The molecule has 0 unspecified atom stereocenters. The smallest absolute Gasteiger partial charge is 0.261 e. The van der Waals surface area contributed by atoms with Crippen molar-refractivity contribution in [3.05, 3.63) is 83.7 Å². The minimum absolute atomic E-state index is 0.104. The molecular formula is C27H30N4O5S. The van der Waals surface area contributed by atoms with Gasteiger partial charge < -0.3 is 15.0 Å². The van der Waals surface area contributed by atoms with Crippen molar-refractivity contribution in [2.24, 2.45) is 5.92 Å². The predicted molar refractivity (Wildman–Crippen MR) is 140 cm³/mol. The number of nitrogens with one attached hydrogen (secondary N) is 2. The van der Waals surface area contributed by atoms with Crippen molar-refractivity contribution in [2.75, 3.05) is 24.9 Å². The number of rotatable bonds is 8. The van der Waals surface area contributed by atoms with Gasteiger partial charge in [-0.05, 0) is 60.7 Å². The second kappa shape index (κ2) is 11.4. The lowest BCUT2D eigenvalue weighted by Gasteiger charge is -2.30. The molecule has 1 fully saturated rings. The van der Waals surface area contributed by atoms with Gasteiger partial charge in [-0.25, -0.2) is 8.42 Å². The Labute approximate surface area is 216 Å². The third-order valence-electron chi connectivity index (χ3n) is 6.37. The largest absolute Gasteiger partial charge is 0.496 e. The fourth-order valence-electron chi connectivity index (χ4n) is 4.16. The Morgan fingerprint density at radius 1 is 1.05 bits per heavy atom. The number of carbonyl (C=O) groups is 2. The monoisotopic (exact) mass is 522 g/mol. The Morgan fingerprint density at radius 3 is 2.51 bits per heavy atom. The van der Waals surface area contributed by atoms with E-state index in [4.69, 9.17) is 4.74 Å². The van der Waals surface area contributed by atoms with Gasteiger partial charge in [-0.15, -0.1) is 0 Å². The number of methoxy groups -OCH3 is 1. The average Bonchev–Trinajstić information content (AvgIpc) is 2.92. The minimum Gasteiger partial charge on any atom is -0.496 e. The number of hydrogen-bond acceptors (Lipinski definition) is 6. The number of para-hydroxylation sites is 1. The summed E-state index contributed by atoms with van der Waals surface area (Å²) in [7, 11) is -2.68. The van der Waals surface area contributed by atoms with Gasteiger partial charge in [-0.3, -0.25) is 19.3 Å². The van der Waals surface area contributed by atoms with Gasteiger partial charge in [0.15, 0.2) is 0 Å². The SMILES string of the molecule is COc1ccc(S(=O)(=O)Nc2ccccc2C(=O)NCc2cccnc2)cc1C(=O)N1CCC(C)CC1. The summed E-state index contributed by atoms with van der Waals surface area (Å²) in [6.07, 6.45) is 5.07. The molecule has 1 saturated heterocycles. The number of piperidine rings is 1. The summed E-state index contributed by atoms with van der Waals surface area (Å²) in [5.74, 6) is 0.143. The lowest BCUT2D eigenvalue weighted by molar-refractivity contribution is 0.0693. The molecule has 10 heteroatoms. The Hall–Kier alpha value is -3.92. The number of sulfonamides is 1. The number of aromatic nitrogens is 1. The summed E-state index contributed by atoms with van der Waals surface area (Å²) < 4.78 is 34.5. The zero-order valence-electron chi connectivity index (χ0n) is 20.8. The van der Waals surface area contributed by atoms with Crippen LogP contribution in [0.25, 0.3) is 0 Å². The van der Waals surface area contributed by atoms with Gasteiger partial charge in [-0.1, -0.05) is 25.1 Å². The normalized spacial score (nSPS) is 14.2. The zero-order chi connectivity index (χ0) is 26.4. The molecule has 0 radical (unpaired) electrons. The van der Waals surface area contributed by atoms with Gasteiger partial charge in [0.25, 0.3) is 21.8 Å². The molecule has 37 heavy (non-hydrogen) atoms. The van der Waals surface area contributed by atoms with Crippen LogP contribution in [0.5, 0.6) is 5.75 Å². The van der Waals surface area contributed by atoms with Gasteiger partial charge in [0, 0.05) is 32.0 Å². The van der Waals surface area contributed by atoms with Crippen molar-refractivity contribution in [1.82, 2.24) is 15.2 Å². The molecule has 0 saturated carbocycles. The van der Waals surface area contributed by atoms with E-state index in [9.17, 15) is 18.0 Å². The maximum atomic E-state index is 13.3. The highest BCUT2D eigenvalue weighted by Crippen LogP contribution is 2.28. The van der Waals surface area contributed by atoms with E-state index in [0.717, 1.165) is 18.4 Å². The maximum Gasteiger partial charge on any atom is 0.261 e. The van der Waals surface area contributed by atoms with Crippen LogP contribution in [0.4, 0.5) is 5.69 Å². The first-order chi connectivity index (χ1) is 17.8. The lowest BCUT2D eigenvalue weighted by atomic mass is 9.98. The second-order valence-electron chi connectivity index (χ2n) is 9.03. The van der Waals surface area contributed by atoms with Gasteiger partial charge >= 0.3 is 0 Å². The molecule has 3 aromatic rings. The van der Waals surface area contributed by atoms with Crippen LogP contribution in [0.1, 0.15) is 46.0 Å². The third-order valence-corrected chi connectivity index (χ3v) is 7.74. The van der Waals surface area contributed by atoms with Crippen molar-refractivity contribution in [3.8, 4) is 5.75 Å². The van der Waals surface area contributed by atoms with Crippen molar-refractivity contribution >= 4 is 27.5 Å².